The fourth-order valence-electron chi connectivity index (χ4n) is 3.89. The molecular formula is C16H23FN2. The van der Waals surface area contributed by atoms with E-state index >= 15 is 0 Å². The molecule has 19 heavy (non-hydrogen) atoms. The molecular weight excluding hydrogens is 239 g/mol. The summed E-state index contributed by atoms with van der Waals surface area (Å²) in [6.07, 6.45) is 1.21. The van der Waals surface area contributed by atoms with E-state index in [0.717, 1.165) is 23.9 Å². The molecule has 3 atom stereocenters. The van der Waals surface area contributed by atoms with Crippen LogP contribution in [0.5, 0.6) is 0 Å². The molecule has 1 aromatic carbocycles. The van der Waals surface area contributed by atoms with Gasteiger partial charge in [0.05, 0.1) is 0 Å². The summed E-state index contributed by atoms with van der Waals surface area (Å²) in [6.45, 7) is 8.62. The van der Waals surface area contributed by atoms with E-state index in [9.17, 15) is 4.39 Å². The number of rotatable bonds is 3. The first-order valence-electron chi connectivity index (χ1n) is 7.39. The minimum absolute atomic E-state index is 0.0988. The Hall–Kier alpha value is -0.930. The Morgan fingerprint density at radius 1 is 1.37 bits per heavy atom. The van der Waals surface area contributed by atoms with Gasteiger partial charge in [0.25, 0.3) is 0 Å². The Morgan fingerprint density at radius 3 is 2.95 bits per heavy atom. The van der Waals surface area contributed by atoms with Crippen molar-refractivity contribution in [3.63, 3.8) is 0 Å². The fraction of sp³-hybridized carbons (Fsp3) is 0.625. The van der Waals surface area contributed by atoms with Crippen LogP contribution in [0, 0.1) is 24.6 Å². The second-order valence-corrected chi connectivity index (χ2v) is 6.07. The standard InChI is InChI=1S/C16H23FN2/c1-3-16-14-8-18-7-13(14)10-19(16)9-12-4-5-15(17)11(2)6-12/h4-6,13-14,16,18H,3,7-10H2,1-2H3. The van der Waals surface area contributed by atoms with Crippen LogP contribution in [-0.2, 0) is 6.54 Å². The molecule has 2 aliphatic rings. The second-order valence-electron chi connectivity index (χ2n) is 6.07. The van der Waals surface area contributed by atoms with Crippen molar-refractivity contribution in [1.29, 1.82) is 0 Å². The maximum absolute atomic E-state index is 13.3. The normalized spacial score (nSPS) is 30.8. The SMILES string of the molecule is CCC1C2CNCC2CN1Cc1ccc(F)c(C)c1. The van der Waals surface area contributed by atoms with Gasteiger partial charge >= 0.3 is 0 Å². The van der Waals surface area contributed by atoms with Crippen LogP contribution >= 0.6 is 0 Å². The van der Waals surface area contributed by atoms with Gasteiger partial charge in [-0.1, -0.05) is 19.1 Å². The third kappa shape index (κ3) is 2.41. The molecule has 0 saturated carbocycles. The summed E-state index contributed by atoms with van der Waals surface area (Å²) in [6, 6.07) is 6.21. The van der Waals surface area contributed by atoms with Crippen molar-refractivity contribution in [2.24, 2.45) is 11.8 Å². The molecule has 0 amide bonds. The van der Waals surface area contributed by atoms with Crippen LogP contribution in [0.4, 0.5) is 4.39 Å². The predicted octanol–water partition coefficient (Wildman–Crippen LogP) is 2.56. The van der Waals surface area contributed by atoms with E-state index in [-0.39, 0.29) is 5.82 Å². The lowest BCUT2D eigenvalue weighted by Gasteiger charge is -2.27. The average molecular weight is 262 g/mol. The fourth-order valence-corrected chi connectivity index (χ4v) is 3.89. The van der Waals surface area contributed by atoms with Gasteiger partial charge in [-0.15, -0.1) is 0 Å². The van der Waals surface area contributed by atoms with Crippen LogP contribution in [0.25, 0.3) is 0 Å². The lowest BCUT2D eigenvalue weighted by Crippen LogP contribution is -2.34. The molecule has 3 unspecified atom stereocenters. The van der Waals surface area contributed by atoms with Crippen molar-refractivity contribution in [3.05, 3.63) is 35.1 Å². The van der Waals surface area contributed by atoms with Crippen LogP contribution < -0.4 is 5.32 Å². The molecule has 0 aromatic heterocycles. The van der Waals surface area contributed by atoms with Crippen LogP contribution in [0.2, 0.25) is 0 Å². The molecule has 3 rings (SSSR count). The summed E-state index contributed by atoms with van der Waals surface area (Å²) in [5.74, 6) is 1.52. The van der Waals surface area contributed by atoms with E-state index in [1.165, 1.54) is 31.6 Å². The summed E-state index contributed by atoms with van der Waals surface area (Å²) in [5, 5.41) is 3.51. The summed E-state index contributed by atoms with van der Waals surface area (Å²) in [5.41, 5.74) is 2.00. The Bertz CT molecular complexity index is 460. The third-order valence-electron chi connectivity index (χ3n) is 4.85. The highest BCUT2D eigenvalue weighted by molar-refractivity contribution is 5.24. The highest BCUT2D eigenvalue weighted by atomic mass is 19.1. The number of benzene rings is 1. The highest BCUT2D eigenvalue weighted by Crippen LogP contribution is 2.35. The van der Waals surface area contributed by atoms with Crippen LogP contribution in [0.15, 0.2) is 18.2 Å². The maximum Gasteiger partial charge on any atom is 0.126 e. The van der Waals surface area contributed by atoms with E-state index in [4.69, 9.17) is 0 Å². The van der Waals surface area contributed by atoms with E-state index in [1.807, 2.05) is 19.1 Å². The highest BCUT2D eigenvalue weighted by Gasteiger charge is 2.42. The van der Waals surface area contributed by atoms with Crippen LogP contribution in [0.3, 0.4) is 0 Å². The summed E-state index contributed by atoms with van der Waals surface area (Å²) in [4.78, 5) is 2.60. The molecule has 0 spiro atoms. The number of nitrogens with one attached hydrogen (secondary N) is 1. The van der Waals surface area contributed by atoms with Crippen molar-refractivity contribution in [3.8, 4) is 0 Å². The van der Waals surface area contributed by atoms with E-state index < -0.39 is 0 Å². The molecule has 3 heteroatoms. The molecule has 2 heterocycles. The molecule has 104 valence electrons. The number of fused-ring (bicyclic) bond motifs is 1. The molecule has 2 aliphatic heterocycles. The molecule has 0 bridgehead atoms. The maximum atomic E-state index is 13.3. The van der Waals surface area contributed by atoms with Gasteiger partial charge in [0.2, 0.25) is 0 Å². The van der Waals surface area contributed by atoms with E-state index in [0.29, 0.717) is 6.04 Å². The minimum atomic E-state index is -0.0988. The van der Waals surface area contributed by atoms with Gasteiger partial charge < -0.3 is 5.32 Å². The number of hydrogen-bond acceptors (Lipinski definition) is 2. The smallest absolute Gasteiger partial charge is 0.126 e. The van der Waals surface area contributed by atoms with Crippen molar-refractivity contribution in [2.45, 2.75) is 32.9 Å². The van der Waals surface area contributed by atoms with E-state index in [2.05, 4.69) is 17.1 Å². The van der Waals surface area contributed by atoms with E-state index in [1.54, 1.807) is 6.07 Å². The molecule has 0 aliphatic carbocycles. The zero-order valence-electron chi connectivity index (χ0n) is 11.8. The third-order valence-corrected chi connectivity index (χ3v) is 4.85. The second kappa shape index (κ2) is 5.22. The van der Waals surface area contributed by atoms with Crippen molar-refractivity contribution in [1.82, 2.24) is 10.2 Å². The van der Waals surface area contributed by atoms with Gasteiger partial charge in [-0.25, -0.2) is 4.39 Å². The summed E-state index contributed by atoms with van der Waals surface area (Å²) in [7, 11) is 0. The number of halogens is 1. The van der Waals surface area contributed by atoms with Crippen molar-refractivity contribution >= 4 is 0 Å². The number of hydrogen-bond donors (Lipinski definition) is 1. The topological polar surface area (TPSA) is 15.3 Å². The van der Waals surface area contributed by atoms with Gasteiger partial charge in [-0.3, -0.25) is 4.90 Å². The predicted molar refractivity (Wildman–Crippen MR) is 75.5 cm³/mol. The Labute approximate surface area is 115 Å². The molecule has 2 fully saturated rings. The molecule has 2 nitrogen and oxygen atoms in total. The van der Waals surface area contributed by atoms with Crippen LogP contribution in [0.1, 0.15) is 24.5 Å². The Morgan fingerprint density at radius 2 is 2.21 bits per heavy atom. The monoisotopic (exact) mass is 262 g/mol. The number of aryl methyl sites for hydroxylation is 1. The van der Waals surface area contributed by atoms with Crippen LogP contribution in [-0.4, -0.2) is 30.6 Å². The lowest BCUT2D eigenvalue weighted by molar-refractivity contribution is 0.210. The number of likely N-dealkylation sites (tertiary alicyclic amines) is 1. The summed E-state index contributed by atoms with van der Waals surface area (Å²) < 4.78 is 13.3. The molecule has 1 aromatic rings. The minimum Gasteiger partial charge on any atom is -0.316 e. The summed E-state index contributed by atoms with van der Waals surface area (Å²) >= 11 is 0. The lowest BCUT2D eigenvalue weighted by atomic mass is 9.93. The number of nitrogens with zero attached hydrogens (tertiary/aromatic N) is 1. The zero-order chi connectivity index (χ0) is 13.4. The van der Waals surface area contributed by atoms with Gasteiger partial charge in [-0.2, -0.15) is 0 Å². The van der Waals surface area contributed by atoms with Gasteiger partial charge in [0.15, 0.2) is 0 Å². The van der Waals surface area contributed by atoms with Crippen molar-refractivity contribution < 1.29 is 4.39 Å². The first kappa shape index (κ1) is 13.1. The molecule has 0 radical (unpaired) electrons. The first-order valence-corrected chi connectivity index (χ1v) is 7.39. The molecule has 1 N–H and O–H groups in total. The first-order chi connectivity index (χ1) is 9.19. The zero-order valence-corrected chi connectivity index (χ0v) is 11.8. The Balaban J connectivity index is 1.74. The van der Waals surface area contributed by atoms with Gasteiger partial charge in [-0.05, 0) is 55.5 Å². The van der Waals surface area contributed by atoms with Gasteiger partial charge in [0, 0.05) is 19.1 Å². The Kier molecular flexibility index (Phi) is 3.59. The average Bonchev–Trinajstić information content (AvgIpc) is 2.94. The van der Waals surface area contributed by atoms with Crippen molar-refractivity contribution in [2.75, 3.05) is 19.6 Å². The largest absolute Gasteiger partial charge is 0.316 e. The van der Waals surface area contributed by atoms with Gasteiger partial charge in [0.1, 0.15) is 5.82 Å². The molecule has 2 saturated heterocycles. The quantitative estimate of drug-likeness (QED) is 0.900.